The van der Waals surface area contributed by atoms with E-state index in [4.69, 9.17) is 26.2 Å². The van der Waals surface area contributed by atoms with E-state index in [2.05, 4.69) is 0 Å². The van der Waals surface area contributed by atoms with Crippen molar-refractivity contribution >= 4 is 5.97 Å². The van der Waals surface area contributed by atoms with Crippen molar-refractivity contribution in [1.29, 1.82) is 0 Å². The molecule has 6 nitrogen and oxygen atoms in total. The minimum Gasteiger partial charge on any atom is -0.504 e. The van der Waals surface area contributed by atoms with Crippen LogP contribution in [0.1, 0.15) is 12.5 Å². The molecule has 0 saturated carbocycles. The maximum absolute atomic E-state index is 10.4. The summed E-state index contributed by atoms with van der Waals surface area (Å²) in [4.78, 5) is 10.4. The summed E-state index contributed by atoms with van der Waals surface area (Å²) < 4.78 is 0. The Morgan fingerprint density at radius 1 is 1.35 bits per heavy atom. The van der Waals surface area contributed by atoms with Gasteiger partial charge in [-0.05, 0) is 31.0 Å². The minimum absolute atomic E-state index is 0.114. The van der Waals surface area contributed by atoms with E-state index in [0.717, 1.165) is 0 Å². The zero-order valence-corrected chi connectivity index (χ0v) is 9.50. The Labute approximate surface area is 98.9 Å². The van der Waals surface area contributed by atoms with E-state index in [1.165, 1.54) is 18.2 Å². The Morgan fingerprint density at radius 3 is 2.29 bits per heavy atom. The first-order chi connectivity index (χ1) is 7.92. The second-order valence-corrected chi connectivity index (χ2v) is 3.29. The summed E-state index contributed by atoms with van der Waals surface area (Å²) in [6, 6.07) is 3.09. The average molecular weight is 243 g/mol. The number of carbonyl (C=O) groups is 1. The first kappa shape index (κ1) is 15.2. The van der Waals surface area contributed by atoms with Crippen LogP contribution in [0.5, 0.6) is 11.5 Å². The fraction of sp³-hybridized carbons (Fsp3) is 0.364. The number of phenols is 2. The van der Waals surface area contributed by atoms with Gasteiger partial charge in [0.25, 0.3) is 0 Å². The largest absolute Gasteiger partial charge is 0.504 e. The molecule has 1 aromatic rings. The molecule has 0 aliphatic rings. The monoisotopic (exact) mass is 243 g/mol. The third kappa shape index (κ3) is 5.74. The molecule has 0 spiro atoms. The lowest BCUT2D eigenvalue weighted by atomic mass is 10.1. The second kappa shape index (κ2) is 7.48. The number of carboxylic acid groups (broad SMARTS) is 1. The highest BCUT2D eigenvalue weighted by Gasteiger charge is 2.12. The average Bonchev–Trinajstić information content (AvgIpc) is 2.24. The summed E-state index contributed by atoms with van der Waals surface area (Å²) in [6.07, 6.45) is 0.114. The molecule has 6 N–H and O–H groups in total. The first-order valence-corrected chi connectivity index (χ1v) is 5.02. The lowest BCUT2D eigenvalue weighted by molar-refractivity contribution is -0.138. The summed E-state index contributed by atoms with van der Waals surface area (Å²) in [7, 11) is 0. The number of hydrogen-bond acceptors (Lipinski definition) is 5. The van der Waals surface area contributed by atoms with Gasteiger partial charge in [-0.2, -0.15) is 0 Å². The van der Waals surface area contributed by atoms with Gasteiger partial charge in [0.1, 0.15) is 6.04 Å². The molecule has 0 aromatic heterocycles. The highest BCUT2D eigenvalue weighted by atomic mass is 16.4. The van der Waals surface area contributed by atoms with Gasteiger partial charge in [-0.25, -0.2) is 0 Å². The van der Waals surface area contributed by atoms with Crippen LogP contribution < -0.4 is 5.73 Å². The fourth-order valence-corrected chi connectivity index (χ4v) is 1.04. The molecule has 0 aliphatic carbocycles. The number of rotatable bonds is 3. The predicted molar refractivity (Wildman–Crippen MR) is 61.8 cm³/mol. The van der Waals surface area contributed by atoms with Crippen LogP contribution in [0.15, 0.2) is 18.2 Å². The van der Waals surface area contributed by atoms with Crippen LogP contribution in [0.2, 0.25) is 0 Å². The quantitative estimate of drug-likeness (QED) is 0.478. The molecular formula is C11H17NO5. The van der Waals surface area contributed by atoms with Crippen LogP contribution in [0.25, 0.3) is 0 Å². The molecule has 0 aliphatic heterocycles. The van der Waals surface area contributed by atoms with E-state index < -0.39 is 12.0 Å². The second-order valence-electron chi connectivity index (χ2n) is 3.29. The summed E-state index contributed by atoms with van der Waals surface area (Å²) in [5.41, 5.74) is 5.86. The lowest BCUT2D eigenvalue weighted by Gasteiger charge is -2.06. The van der Waals surface area contributed by atoms with E-state index in [-0.39, 0.29) is 24.5 Å². The molecule has 0 fully saturated rings. The highest BCUT2D eigenvalue weighted by Crippen LogP contribution is 2.25. The predicted octanol–water partition coefficient (Wildman–Crippen LogP) is 0.0508. The molecule has 0 heterocycles. The summed E-state index contributed by atoms with van der Waals surface area (Å²) in [6.45, 7) is 1.93. The molecule has 96 valence electrons. The number of aromatic hydroxyl groups is 2. The molecule has 0 amide bonds. The standard InChI is InChI=1S/C9H11NO4.C2H6O/c10-6(9(13)14)3-5-1-2-7(11)8(12)4-5;1-2-3/h1-2,4,6,11-12H,3,10H2,(H,13,14);3H,2H2,1H3/t6-;/m0./s1. The molecule has 17 heavy (non-hydrogen) atoms. The molecular weight excluding hydrogens is 226 g/mol. The molecule has 1 atom stereocenters. The van der Waals surface area contributed by atoms with Gasteiger partial charge in [-0.15, -0.1) is 0 Å². The Bertz CT molecular complexity index is 367. The van der Waals surface area contributed by atoms with E-state index in [9.17, 15) is 4.79 Å². The van der Waals surface area contributed by atoms with E-state index in [1.54, 1.807) is 6.92 Å². The van der Waals surface area contributed by atoms with Crippen LogP contribution in [-0.2, 0) is 11.2 Å². The summed E-state index contributed by atoms with van der Waals surface area (Å²) >= 11 is 0. The highest BCUT2D eigenvalue weighted by molar-refractivity contribution is 5.73. The van der Waals surface area contributed by atoms with Gasteiger partial charge in [0.2, 0.25) is 0 Å². The van der Waals surface area contributed by atoms with Crippen molar-refractivity contribution in [3.05, 3.63) is 23.8 Å². The Balaban J connectivity index is 0.000000770. The Hall–Kier alpha value is -1.79. The van der Waals surface area contributed by atoms with E-state index >= 15 is 0 Å². The van der Waals surface area contributed by atoms with Gasteiger partial charge >= 0.3 is 5.97 Å². The van der Waals surface area contributed by atoms with Gasteiger partial charge in [-0.1, -0.05) is 6.07 Å². The number of nitrogens with two attached hydrogens (primary N) is 1. The van der Waals surface area contributed by atoms with Gasteiger partial charge in [-0.3, -0.25) is 4.79 Å². The van der Waals surface area contributed by atoms with Crippen molar-refractivity contribution in [2.75, 3.05) is 6.61 Å². The normalized spacial score (nSPS) is 11.2. The van der Waals surface area contributed by atoms with Crippen LogP contribution >= 0.6 is 0 Å². The van der Waals surface area contributed by atoms with E-state index in [0.29, 0.717) is 5.56 Å². The minimum atomic E-state index is -1.10. The molecule has 0 radical (unpaired) electrons. The van der Waals surface area contributed by atoms with Crippen molar-refractivity contribution in [2.45, 2.75) is 19.4 Å². The number of aliphatic hydroxyl groups excluding tert-OH is 1. The number of phenolic OH excluding ortho intramolecular Hbond substituents is 2. The molecule has 1 aromatic carbocycles. The number of carboxylic acids is 1. The molecule has 1 rings (SSSR count). The SMILES string of the molecule is CCO.N[C@@H](Cc1ccc(O)c(O)c1)C(=O)O. The molecule has 6 heteroatoms. The summed E-state index contributed by atoms with van der Waals surface area (Å²) in [5, 5.41) is 34.2. The third-order valence-corrected chi connectivity index (χ3v) is 1.81. The zero-order chi connectivity index (χ0) is 13.4. The lowest BCUT2D eigenvalue weighted by Crippen LogP contribution is -2.32. The van der Waals surface area contributed by atoms with Crippen LogP contribution in [-0.4, -0.2) is 39.0 Å². The summed E-state index contributed by atoms with van der Waals surface area (Å²) in [5.74, 6) is -1.62. The molecule has 0 saturated heterocycles. The number of aliphatic carboxylic acids is 1. The number of benzene rings is 1. The van der Waals surface area contributed by atoms with Crippen molar-refractivity contribution in [1.82, 2.24) is 0 Å². The van der Waals surface area contributed by atoms with Crippen LogP contribution in [0.4, 0.5) is 0 Å². The van der Waals surface area contributed by atoms with Crippen molar-refractivity contribution in [3.8, 4) is 11.5 Å². The van der Waals surface area contributed by atoms with Gasteiger partial charge in [0, 0.05) is 6.61 Å². The molecule has 0 bridgehead atoms. The first-order valence-electron chi connectivity index (χ1n) is 5.02. The third-order valence-electron chi connectivity index (χ3n) is 1.81. The maximum Gasteiger partial charge on any atom is 0.320 e. The smallest absolute Gasteiger partial charge is 0.320 e. The van der Waals surface area contributed by atoms with Crippen molar-refractivity contribution < 1.29 is 25.2 Å². The van der Waals surface area contributed by atoms with Gasteiger partial charge in [0.15, 0.2) is 11.5 Å². The number of aliphatic hydroxyl groups is 1. The number of hydrogen-bond donors (Lipinski definition) is 5. The Kier molecular flexibility index (Phi) is 6.69. The maximum atomic E-state index is 10.4. The van der Waals surface area contributed by atoms with E-state index in [1.807, 2.05) is 0 Å². The van der Waals surface area contributed by atoms with Crippen LogP contribution in [0, 0.1) is 0 Å². The van der Waals surface area contributed by atoms with Crippen LogP contribution in [0.3, 0.4) is 0 Å². The fourth-order valence-electron chi connectivity index (χ4n) is 1.04. The molecule has 0 unspecified atom stereocenters. The van der Waals surface area contributed by atoms with Gasteiger partial charge < -0.3 is 26.2 Å². The van der Waals surface area contributed by atoms with Crippen molar-refractivity contribution in [3.63, 3.8) is 0 Å². The zero-order valence-electron chi connectivity index (χ0n) is 9.50. The topological polar surface area (TPSA) is 124 Å². The van der Waals surface area contributed by atoms with Gasteiger partial charge in [0.05, 0.1) is 0 Å². The van der Waals surface area contributed by atoms with Crippen molar-refractivity contribution in [2.24, 2.45) is 5.73 Å². The Morgan fingerprint density at radius 2 is 1.88 bits per heavy atom.